The number of urea groups is 1. The van der Waals surface area contributed by atoms with E-state index in [1.54, 1.807) is 21.3 Å². The van der Waals surface area contributed by atoms with E-state index in [4.69, 9.17) is 9.47 Å². The maximum atomic E-state index is 12.8. The first kappa shape index (κ1) is 20.6. The van der Waals surface area contributed by atoms with E-state index in [1.165, 1.54) is 0 Å². The zero-order valence-electron chi connectivity index (χ0n) is 17.7. The number of nitrogens with one attached hydrogen (secondary N) is 2. The molecule has 1 saturated heterocycles. The molecule has 156 valence electrons. The molecule has 0 spiro atoms. The Morgan fingerprint density at radius 3 is 2.17 bits per heavy atom. The van der Waals surface area contributed by atoms with Crippen LogP contribution >= 0.6 is 0 Å². The van der Waals surface area contributed by atoms with E-state index in [2.05, 4.69) is 20.5 Å². The number of anilines is 3. The van der Waals surface area contributed by atoms with Gasteiger partial charge in [-0.25, -0.2) is 9.78 Å². The first-order valence-corrected chi connectivity index (χ1v) is 9.65. The molecule has 1 aliphatic rings. The Bertz CT molecular complexity index is 857. The van der Waals surface area contributed by atoms with Gasteiger partial charge in [0.05, 0.1) is 19.9 Å². The van der Waals surface area contributed by atoms with E-state index in [-0.39, 0.29) is 6.03 Å². The highest BCUT2D eigenvalue weighted by Gasteiger charge is 2.23. The van der Waals surface area contributed by atoms with Crippen LogP contribution < -0.4 is 25.0 Å². The Kier molecular flexibility index (Phi) is 6.31. The smallest absolute Gasteiger partial charge is 0.322 e. The number of ether oxygens (including phenoxy) is 2. The molecule has 0 atom stereocenters. The Hall–Kier alpha value is -3.16. The normalized spacial score (nSPS) is 13.8. The Morgan fingerprint density at radius 2 is 1.62 bits per heavy atom. The van der Waals surface area contributed by atoms with Crippen molar-refractivity contribution in [2.45, 2.75) is 13.8 Å². The molecule has 2 heterocycles. The third-order valence-electron chi connectivity index (χ3n) is 5.21. The molecule has 1 aliphatic heterocycles. The van der Waals surface area contributed by atoms with Gasteiger partial charge in [0.2, 0.25) is 0 Å². The van der Waals surface area contributed by atoms with Crippen molar-refractivity contribution in [1.82, 2.24) is 9.88 Å². The van der Waals surface area contributed by atoms with Gasteiger partial charge in [-0.2, -0.15) is 0 Å². The Labute approximate surface area is 171 Å². The highest BCUT2D eigenvalue weighted by atomic mass is 16.5. The van der Waals surface area contributed by atoms with Crippen molar-refractivity contribution < 1.29 is 14.3 Å². The number of carbonyl (C=O) groups excluding carboxylic acids is 1. The molecule has 2 amide bonds. The van der Waals surface area contributed by atoms with Crippen LogP contribution in [0.5, 0.6) is 11.5 Å². The van der Waals surface area contributed by atoms with Crippen molar-refractivity contribution in [1.29, 1.82) is 0 Å². The SMILES string of the molecule is CNc1nc(C)c(C)cc1NC(=O)N1CCN(c2cc(OC)cc(OC)c2)CC1. The molecular formula is C21H29N5O3. The molecule has 0 radical (unpaired) electrons. The number of hydrogen-bond donors (Lipinski definition) is 2. The molecule has 8 heteroatoms. The van der Waals surface area contributed by atoms with Crippen LogP contribution in [0.3, 0.4) is 0 Å². The van der Waals surface area contributed by atoms with Gasteiger partial charge in [-0.15, -0.1) is 0 Å². The predicted molar refractivity (Wildman–Crippen MR) is 116 cm³/mol. The van der Waals surface area contributed by atoms with Crippen LogP contribution in [0.15, 0.2) is 24.3 Å². The van der Waals surface area contributed by atoms with Gasteiger partial charge in [-0.1, -0.05) is 0 Å². The van der Waals surface area contributed by atoms with Crippen molar-refractivity contribution in [3.05, 3.63) is 35.5 Å². The zero-order chi connectivity index (χ0) is 21.0. The number of benzene rings is 1. The fourth-order valence-electron chi connectivity index (χ4n) is 3.33. The monoisotopic (exact) mass is 399 g/mol. The van der Waals surface area contributed by atoms with Gasteiger partial charge in [-0.05, 0) is 25.5 Å². The van der Waals surface area contributed by atoms with Gasteiger partial charge < -0.3 is 29.9 Å². The summed E-state index contributed by atoms with van der Waals surface area (Å²) in [7, 11) is 5.08. The number of piperazine rings is 1. The lowest BCUT2D eigenvalue weighted by molar-refractivity contribution is 0.208. The molecule has 0 bridgehead atoms. The summed E-state index contributed by atoms with van der Waals surface area (Å²) in [6.45, 7) is 6.64. The molecule has 2 N–H and O–H groups in total. The van der Waals surface area contributed by atoms with Crippen LogP contribution in [0.4, 0.5) is 22.0 Å². The lowest BCUT2D eigenvalue weighted by Crippen LogP contribution is -2.50. The summed E-state index contributed by atoms with van der Waals surface area (Å²) in [5.41, 5.74) is 3.70. The third-order valence-corrected chi connectivity index (χ3v) is 5.21. The summed E-state index contributed by atoms with van der Waals surface area (Å²) in [5.74, 6) is 2.17. The fourth-order valence-corrected chi connectivity index (χ4v) is 3.33. The number of nitrogens with zero attached hydrogens (tertiary/aromatic N) is 3. The fraction of sp³-hybridized carbons (Fsp3) is 0.429. The molecule has 0 saturated carbocycles. The van der Waals surface area contributed by atoms with Crippen molar-refractivity contribution in [3.63, 3.8) is 0 Å². The van der Waals surface area contributed by atoms with Gasteiger partial charge in [0.1, 0.15) is 17.3 Å². The average molecular weight is 399 g/mol. The van der Waals surface area contributed by atoms with E-state index in [0.29, 0.717) is 24.6 Å². The number of aryl methyl sites for hydroxylation is 2. The second kappa shape index (κ2) is 8.89. The van der Waals surface area contributed by atoms with Crippen molar-refractivity contribution >= 4 is 23.2 Å². The lowest BCUT2D eigenvalue weighted by Gasteiger charge is -2.36. The van der Waals surface area contributed by atoms with Crippen LogP contribution in [0.1, 0.15) is 11.3 Å². The van der Waals surface area contributed by atoms with Gasteiger partial charge >= 0.3 is 6.03 Å². The number of rotatable bonds is 5. The van der Waals surface area contributed by atoms with E-state index in [9.17, 15) is 4.79 Å². The molecule has 0 unspecified atom stereocenters. The molecule has 3 rings (SSSR count). The zero-order valence-corrected chi connectivity index (χ0v) is 17.7. The van der Waals surface area contributed by atoms with Gasteiger partial charge in [0.25, 0.3) is 0 Å². The van der Waals surface area contributed by atoms with Gasteiger partial charge in [0, 0.05) is 62.8 Å². The number of aromatic nitrogens is 1. The number of amides is 2. The molecule has 1 fully saturated rings. The van der Waals surface area contributed by atoms with Crippen molar-refractivity contribution in [3.8, 4) is 11.5 Å². The molecule has 1 aromatic carbocycles. The Balaban J connectivity index is 1.65. The summed E-state index contributed by atoms with van der Waals surface area (Å²) < 4.78 is 10.7. The quantitative estimate of drug-likeness (QED) is 0.804. The Morgan fingerprint density at radius 1 is 1.00 bits per heavy atom. The van der Waals surface area contributed by atoms with Crippen LogP contribution in [0, 0.1) is 13.8 Å². The maximum Gasteiger partial charge on any atom is 0.322 e. The van der Waals surface area contributed by atoms with Crippen molar-refractivity contribution in [2.75, 3.05) is 63.0 Å². The first-order valence-electron chi connectivity index (χ1n) is 9.65. The van der Waals surface area contributed by atoms with E-state index in [0.717, 1.165) is 41.5 Å². The second-order valence-corrected chi connectivity index (χ2v) is 7.01. The minimum absolute atomic E-state index is 0.116. The predicted octanol–water partition coefficient (Wildman–Crippen LogP) is 3.11. The largest absolute Gasteiger partial charge is 0.497 e. The topological polar surface area (TPSA) is 79.0 Å². The van der Waals surface area contributed by atoms with Crippen molar-refractivity contribution in [2.24, 2.45) is 0 Å². The van der Waals surface area contributed by atoms with Gasteiger partial charge in [0.15, 0.2) is 0 Å². The summed E-state index contributed by atoms with van der Waals surface area (Å²) >= 11 is 0. The molecule has 8 nitrogen and oxygen atoms in total. The standard InChI is InChI=1S/C21H29N5O3/c1-14-10-19(20(22-3)23-15(14)2)24-21(27)26-8-6-25(7-9-26)16-11-17(28-4)13-18(12-16)29-5/h10-13H,6-9H2,1-5H3,(H,22,23)(H,24,27). The van der Waals surface area contributed by atoms with Crippen LogP contribution in [0.2, 0.25) is 0 Å². The van der Waals surface area contributed by atoms with E-state index in [1.807, 2.05) is 43.0 Å². The van der Waals surface area contributed by atoms with Crippen LogP contribution in [0.25, 0.3) is 0 Å². The van der Waals surface area contributed by atoms with Crippen LogP contribution in [-0.2, 0) is 0 Å². The van der Waals surface area contributed by atoms with E-state index >= 15 is 0 Å². The minimum Gasteiger partial charge on any atom is -0.497 e. The number of carbonyl (C=O) groups is 1. The number of methoxy groups -OCH3 is 2. The minimum atomic E-state index is -0.116. The average Bonchev–Trinajstić information content (AvgIpc) is 2.75. The summed E-state index contributed by atoms with van der Waals surface area (Å²) in [4.78, 5) is 21.3. The number of pyridine rings is 1. The third kappa shape index (κ3) is 4.64. The van der Waals surface area contributed by atoms with Gasteiger partial charge in [-0.3, -0.25) is 0 Å². The highest BCUT2D eigenvalue weighted by Crippen LogP contribution is 2.29. The molecule has 1 aromatic heterocycles. The summed E-state index contributed by atoms with van der Waals surface area (Å²) in [6, 6.07) is 7.65. The summed E-state index contributed by atoms with van der Waals surface area (Å²) in [6.07, 6.45) is 0. The first-order chi connectivity index (χ1) is 13.9. The van der Waals surface area contributed by atoms with Crippen LogP contribution in [-0.4, -0.2) is 63.4 Å². The molecular weight excluding hydrogens is 370 g/mol. The maximum absolute atomic E-state index is 12.8. The molecule has 0 aliphatic carbocycles. The summed E-state index contributed by atoms with van der Waals surface area (Å²) in [5, 5.41) is 6.04. The second-order valence-electron chi connectivity index (χ2n) is 7.01. The van der Waals surface area contributed by atoms with E-state index < -0.39 is 0 Å². The lowest BCUT2D eigenvalue weighted by atomic mass is 10.2. The highest BCUT2D eigenvalue weighted by molar-refractivity contribution is 5.92. The molecule has 29 heavy (non-hydrogen) atoms. The number of hydrogen-bond acceptors (Lipinski definition) is 6. The molecule has 2 aromatic rings.